The maximum absolute atomic E-state index is 3.29. The number of hydrogen-bond acceptors (Lipinski definition) is 1. The van der Waals surface area contributed by atoms with Crippen LogP contribution >= 0.6 is 0 Å². The van der Waals surface area contributed by atoms with Crippen molar-refractivity contribution in [2.45, 2.75) is 40.0 Å². The van der Waals surface area contributed by atoms with Crippen molar-refractivity contribution in [3.8, 4) is 0 Å². The SMILES string of the molecule is CCC(c1cc(C)ccc1C)C(C)CNC. The van der Waals surface area contributed by atoms with E-state index < -0.39 is 0 Å². The Balaban J connectivity index is 2.98. The molecule has 90 valence electrons. The third kappa shape index (κ3) is 3.08. The lowest BCUT2D eigenvalue weighted by Crippen LogP contribution is -2.22. The standard InChI is InChI=1S/C15H25N/c1-6-14(13(4)10-16-5)15-9-11(2)7-8-12(15)3/h7-9,13-14,16H,6,10H2,1-5H3. The molecule has 1 heteroatoms. The van der Waals surface area contributed by atoms with Gasteiger partial charge < -0.3 is 5.32 Å². The minimum absolute atomic E-state index is 0.673. The minimum Gasteiger partial charge on any atom is -0.319 e. The molecule has 0 fully saturated rings. The van der Waals surface area contributed by atoms with Gasteiger partial charge in [-0.25, -0.2) is 0 Å². The molecule has 0 heterocycles. The minimum atomic E-state index is 0.673. The van der Waals surface area contributed by atoms with Crippen LogP contribution in [0.3, 0.4) is 0 Å². The van der Waals surface area contributed by atoms with Crippen molar-refractivity contribution in [1.82, 2.24) is 5.32 Å². The van der Waals surface area contributed by atoms with Crippen LogP contribution in [0.15, 0.2) is 18.2 Å². The molecule has 0 bridgehead atoms. The lowest BCUT2D eigenvalue weighted by atomic mass is 9.82. The second kappa shape index (κ2) is 6.05. The van der Waals surface area contributed by atoms with Crippen LogP contribution in [0.25, 0.3) is 0 Å². The maximum atomic E-state index is 3.29. The molecule has 1 aromatic rings. The van der Waals surface area contributed by atoms with E-state index in [2.05, 4.69) is 51.2 Å². The molecule has 1 N–H and O–H groups in total. The van der Waals surface area contributed by atoms with Gasteiger partial charge in [-0.1, -0.05) is 37.6 Å². The molecule has 0 aromatic heterocycles. The topological polar surface area (TPSA) is 12.0 Å². The number of rotatable bonds is 5. The molecular weight excluding hydrogens is 194 g/mol. The van der Waals surface area contributed by atoms with Gasteiger partial charge in [0.05, 0.1) is 0 Å². The van der Waals surface area contributed by atoms with Gasteiger partial charge in [-0.3, -0.25) is 0 Å². The largest absolute Gasteiger partial charge is 0.319 e. The van der Waals surface area contributed by atoms with E-state index in [-0.39, 0.29) is 0 Å². The van der Waals surface area contributed by atoms with E-state index in [9.17, 15) is 0 Å². The Morgan fingerprint density at radius 2 is 1.94 bits per heavy atom. The maximum Gasteiger partial charge on any atom is -0.00203 e. The first kappa shape index (κ1) is 13.2. The molecule has 1 rings (SSSR count). The Kier molecular flexibility index (Phi) is 5.01. The van der Waals surface area contributed by atoms with Crippen LogP contribution in [0.1, 0.15) is 42.9 Å². The van der Waals surface area contributed by atoms with Crippen molar-refractivity contribution in [3.63, 3.8) is 0 Å². The Labute approximate surface area is 100 Å². The fourth-order valence-corrected chi connectivity index (χ4v) is 2.55. The van der Waals surface area contributed by atoms with Gasteiger partial charge in [0.2, 0.25) is 0 Å². The summed E-state index contributed by atoms with van der Waals surface area (Å²) in [5.41, 5.74) is 4.33. The van der Waals surface area contributed by atoms with E-state index in [4.69, 9.17) is 0 Å². The van der Waals surface area contributed by atoms with Crippen LogP contribution < -0.4 is 5.32 Å². The Hall–Kier alpha value is -0.820. The number of nitrogens with one attached hydrogen (secondary N) is 1. The van der Waals surface area contributed by atoms with Gasteiger partial charge in [0.1, 0.15) is 0 Å². The Morgan fingerprint density at radius 3 is 2.50 bits per heavy atom. The fourth-order valence-electron chi connectivity index (χ4n) is 2.55. The molecule has 0 aliphatic carbocycles. The quantitative estimate of drug-likeness (QED) is 0.797. The predicted molar refractivity (Wildman–Crippen MR) is 72.0 cm³/mol. The Morgan fingerprint density at radius 1 is 1.25 bits per heavy atom. The summed E-state index contributed by atoms with van der Waals surface area (Å²) in [6.45, 7) is 10.1. The van der Waals surface area contributed by atoms with Crippen molar-refractivity contribution in [1.29, 1.82) is 0 Å². The lowest BCUT2D eigenvalue weighted by molar-refractivity contribution is 0.429. The highest BCUT2D eigenvalue weighted by atomic mass is 14.8. The van der Waals surface area contributed by atoms with Crippen LogP contribution in [0.4, 0.5) is 0 Å². The molecule has 2 unspecified atom stereocenters. The summed E-state index contributed by atoms with van der Waals surface area (Å²) in [5, 5.41) is 3.29. The van der Waals surface area contributed by atoms with Crippen molar-refractivity contribution < 1.29 is 0 Å². The van der Waals surface area contributed by atoms with Gasteiger partial charge in [0.25, 0.3) is 0 Å². The normalized spacial score (nSPS) is 14.8. The molecular formula is C15H25N. The van der Waals surface area contributed by atoms with Crippen LogP contribution in [-0.2, 0) is 0 Å². The summed E-state index contributed by atoms with van der Waals surface area (Å²) in [7, 11) is 2.03. The molecule has 0 aliphatic rings. The molecule has 0 amide bonds. The zero-order valence-electron chi connectivity index (χ0n) is 11.3. The molecule has 0 saturated carbocycles. The van der Waals surface area contributed by atoms with Crippen molar-refractivity contribution in [2.24, 2.45) is 5.92 Å². The van der Waals surface area contributed by atoms with E-state index in [1.807, 2.05) is 7.05 Å². The van der Waals surface area contributed by atoms with Crippen LogP contribution in [-0.4, -0.2) is 13.6 Å². The molecule has 1 nitrogen and oxygen atoms in total. The van der Waals surface area contributed by atoms with Gasteiger partial charge in [-0.2, -0.15) is 0 Å². The predicted octanol–water partition coefficient (Wildman–Crippen LogP) is 3.65. The van der Waals surface area contributed by atoms with Gasteiger partial charge in [0, 0.05) is 0 Å². The van der Waals surface area contributed by atoms with Crippen LogP contribution in [0.5, 0.6) is 0 Å². The molecule has 1 aromatic carbocycles. The second-order valence-corrected chi connectivity index (χ2v) is 4.91. The van der Waals surface area contributed by atoms with Crippen molar-refractivity contribution in [3.05, 3.63) is 34.9 Å². The summed E-state index contributed by atoms with van der Waals surface area (Å²) in [4.78, 5) is 0. The van der Waals surface area contributed by atoms with Gasteiger partial charge in [0.15, 0.2) is 0 Å². The highest BCUT2D eigenvalue weighted by molar-refractivity contribution is 5.33. The monoisotopic (exact) mass is 219 g/mol. The summed E-state index contributed by atoms with van der Waals surface area (Å²) in [5.74, 6) is 1.36. The van der Waals surface area contributed by atoms with E-state index in [1.54, 1.807) is 0 Å². The number of aryl methyl sites for hydroxylation is 2. The van der Waals surface area contributed by atoms with Crippen LogP contribution in [0, 0.1) is 19.8 Å². The second-order valence-electron chi connectivity index (χ2n) is 4.91. The summed E-state index contributed by atoms with van der Waals surface area (Å²) in [6, 6.07) is 6.81. The molecule has 2 atom stereocenters. The smallest absolute Gasteiger partial charge is 0.00203 e. The zero-order valence-corrected chi connectivity index (χ0v) is 11.3. The van der Waals surface area contributed by atoms with Gasteiger partial charge in [-0.15, -0.1) is 0 Å². The molecule has 0 aliphatic heterocycles. The molecule has 0 radical (unpaired) electrons. The van der Waals surface area contributed by atoms with E-state index in [1.165, 1.54) is 23.1 Å². The molecule has 0 spiro atoms. The van der Waals surface area contributed by atoms with Crippen molar-refractivity contribution >= 4 is 0 Å². The first-order valence-electron chi connectivity index (χ1n) is 6.31. The molecule has 0 saturated heterocycles. The Bertz CT molecular complexity index is 330. The first-order valence-corrected chi connectivity index (χ1v) is 6.31. The lowest BCUT2D eigenvalue weighted by Gasteiger charge is -2.25. The van der Waals surface area contributed by atoms with Crippen LogP contribution in [0.2, 0.25) is 0 Å². The third-order valence-corrected chi connectivity index (χ3v) is 3.49. The van der Waals surface area contributed by atoms with Gasteiger partial charge >= 0.3 is 0 Å². The summed E-state index contributed by atoms with van der Waals surface area (Å²) >= 11 is 0. The average molecular weight is 219 g/mol. The van der Waals surface area contributed by atoms with E-state index in [0.29, 0.717) is 11.8 Å². The first-order chi connectivity index (χ1) is 7.60. The average Bonchev–Trinajstić information content (AvgIpc) is 2.24. The highest BCUT2D eigenvalue weighted by Gasteiger charge is 2.18. The summed E-state index contributed by atoms with van der Waals surface area (Å²) < 4.78 is 0. The van der Waals surface area contributed by atoms with E-state index >= 15 is 0 Å². The zero-order chi connectivity index (χ0) is 12.1. The third-order valence-electron chi connectivity index (χ3n) is 3.49. The number of benzene rings is 1. The van der Waals surface area contributed by atoms with Gasteiger partial charge in [-0.05, 0) is 56.8 Å². The number of hydrogen-bond donors (Lipinski definition) is 1. The van der Waals surface area contributed by atoms with Crippen molar-refractivity contribution in [2.75, 3.05) is 13.6 Å². The highest BCUT2D eigenvalue weighted by Crippen LogP contribution is 2.30. The summed E-state index contributed by atoms with van der Waals surface area (Å²) in [6.07, 6.45) is 1.22. The fraction of sp³-hybridized carbons (Fsp3) is 0.600. The van der Waals surface area contributed by atoms with E-state index in [0.717, 1.165) is 6.54 Å². The molecule has 16 heavy (non-hydrogen) atoms.